The molecular weight excluding hydrogens is 560 g/mol. The molecule has 2 saturated heterocycles. The van der Waals surface area contributed by atoms with Crippen LogP contribution in [-0.4, -0.2) is 79.0 Å². The van der Waals surface area contributed by atoms with Crippen molar-refractivity contribution in [2.75, 3.05) is 79.8 Å². The van der Waals surface area contributed by atoms with E-state index in [0.717, 1.165) is 73.6 Å². The SMILES string of the molecule is COc1cc(N2CCN(CC3CCNCC3)CC2)c(C)cc1Nc1ncc(Cl)c(Nc2ccccc2N(C)[SH]=O)n1. The van der Waals surface area contributed by atoms with Gasteiger partial charge in [0.1, 0.15) is 22.6 Å². The monoisotopic (exact) mass is 598 g/mol. The maximum atomic E-state index is 11.4. The summed E-state index contributed by atoms with van der Waals surface area (Å²) in [5.74, 6) is 2.34. The number of benzene rings is 2. The highest BCUT2D eigenvalue weighted by Crippen LogP contribution is 2.36. The number of aryl methyl sites for hydroxylation is 1. The second-order valence-corrected chi connectivity index (χ2v) is 11.8. The Morgan fingerprint density at radius 3 is 2.61 bits per heavy atom. The molecule has 41 heavy (non-hydrogen) atoms. The second kappa shape index (κ2) is 13.7. The standard InChI is InChI=1S/C29H39ClN8O2S/c1-20-16-24(27(40-3)17-26(20)38-14-12-37(13-15-38)19-21-8-10-31-11-9-21)34-29-32-18-22(30)28(35-29)33-23-6-4-5-7-25(23)36(2)41-39/h4-7,16-18,21,31,41H,8-15,19H2,1-3H3,(H2,32,33,34,35). The van der Waals surface area contributed by atoms with Gasteiger partial charge >= 0.3 is 0 Å². The summed E-state index contributed by atoms with van der Waals surface area (Å²) in [5.41, 5.74) is 4.58. The topological polar surface area (TPSA) is 97.9 Å². The van der Waals surface area contributed by atoms with Crippen molar-refractivity contribution in [1.82, 2.24) is 20.2 Å². The van der Waals surface area contributed by atoms with Crippen LogP contribution in [0.3, 0.4) is 0 Å². The molecule has 0 saturated carbocycles. The van der Waals surface area contributed by atoms with E-state index >= 15 is 0 Å². The Kier molecular flexibility index (Phi) is 9.81. The Balaban J connectivity index is 1.28. The number of nitrogens with one attached hydrogen (secondary N) is 3. The van der Waals surface area contributed by atoms with Crippen LogP contribution in [0.2, 0.25) is 5.02 Å². The largest absolute Gasteiger partial charge is 0.494 e. The highest BCUT2D eigenvalue weighted by molar-refractivity contribution is 7.67. The van der Waals surface area contributed by atoms with Crippen molar-refractivity contribution in [3.8, 4) is 5.75 Å². The molecule has 12 heteroatoms. The Bertz CT molecular complexity index is 1350. The van der Waals surface area contributed by atoms with E-state index in [1.54, 1.807) is 24.7 Å². The number of piperidine rings is 1. The van der Waals surface area contributed by atoms with Crippen molar-refractivity contribution in [2.24, 2.45) is 5.92 Å². The molecule has 2 fully saturated rings. The zero-order valence-corrected chi connectivity index (χ0v) is 25.5. The molecule has 2 aromatic carbocycles. The fraction of sp³-hybridized carbons (Fsp3) is 0.448. The van der Waals surface area contributed by atoms with Gasteiger partial charge in [-0.25, -0.2) is 9.19 Å². The molecule has 0 amide bonds. The zero-order valence-electron chi connectivity index (χ0n) is 23.9. The summed E-state index contributed by atoms with van der Waals surface area (Å²) in [7, 11) is 3.41. The molecule has 3 N–H and O–H groups in total. The number of hydrogen-bond acceptors (Lipinski definition) is 9. The highest BCUT2D eigenvalue weighted by Gasteiger charge is 2.23. The molecule has 0 bridgehead atoms. The van der Waals surface area contributed by atoms with Crippen molar-refractivity contribution in [1.29, 1.82) is 0 Å². The number of para-hydroxylation sites is 2. The molecule has 3 aromatic rings. The van der Waals surface area contributed by atoms with E-state index in [-0.39, 0.29) is 11.9 Å². The first kappa shape index (κ1) is 29.4. The number of anilines is 6. The molecular formula is C29H39ClN8O2S. The smallest absolute Gasteiger partial charge is 0.229 e. The Labute approximate surface area is 251 Å². The summed E-state index contributed by atoms with van der Waals surface area (Å²) in [5, 5.41) is 10.4. The van der Waals surface area contributed by atoms with Gasteiger partial charge in [-0.05, 0) is 62.5 Å². The van der Waals surface area contributed by atoms with Gasteiger partial charge in [0.25, 0.3) is 0 Å². The van der Waals surface area contributed by atoms with Gasteiger partial charge in [0.2, 0.25) is 5.95 Å². The molecule has 0 spiro atoms. The average molecular weight is 599 g/mol. The third-order valence-electron chi connectivity index (χ3n) is 7.82. The van der Waals surface area contributed by atoms with Crippen LogP contribution >= 0.6 is 11.6 Å². The van der Waals surface area contributed by atoms with E-state index in [1.807, 2.05) is 24.3 Å². The number of halogens is 1. The maximum absolute atomic E-state index is 11.4. The minimum absolute atomic E-state index is 0.120. The summed E-state index contributed by atoms with van der Waals surface area (Å²) in [6, 6.07) is 11.7. The normalized spacial score (nSPS) is 16.4. The summed E-state index contributed by atoms with van der Waals surface area (Å²) < 4.78 is 18.8. The van der Waals surface area contributed by atoms with Gasteiger partial charge in [-0.3, -0.25) is 9.21 Å². The van der Waals surface area contributed by atoms with Crippen molar-refractivity contribution in [2.45, 2.75) is 19.8 Å². The number of thiol groups is 1. The fourth-order valence-electron chi connectivity index (χ4n) is 5.55. The Hall–Kier alpha value is -3.12. The first-order chi connectivity index (χ1) is 19.9. The molecule has 2 aliphatic rings. The predicted molar refractivity (Wildman–Crippen MR) is 170 cm³/mol. The van der Waals surface area contributed by atoms with Crippen LogP contribution in [0.4, 0.5) is 34.5 Å². The van der Waals surface area contributed by atoms with Crippen LogP contribution in [0.25, 0.3) is 0 Å². The zero-order chi connectivity index (χ0) is 28.8. The van der Waals surface area contributed by atoms with Gasteiger partial charge in [0.15, 0.2) is 5.82 Å². The summed E-state index contributed by atoms with van der Waals surface area (Å²) in [4.78, 5) is 14.1. The number of ether oxygens (including phenoxy) is 1. The molecule has 0 unspecified atom stereocenters. The number of hydrogen-bond donors (Lipinski definition) is 4. The van der Waals surface area contributed by atoms with Crippen LogP contribution in [-0.2, 0) is 11.9 Å². The molecule has 1 aromatic heterocycles. The van der Waals surface area contributed by atoms with E-state index in [1.165, 1.54) is 25.1 Å². The Morgan fingerprint density at radius 1 is 1.12 bits per heavy atom. The molecule has 220 valence electrons. The summed E-state index contributed by atoms with van der Waals surface area (Å²) in [6.45, 7) is 9.78. The van der Waals surface area contributed by atoms with E-state index in [9.17, 15) is 4.21 Å². The minimum Gasteiger partial charge on any atom is -0.494 e. The third-order valence-corrected chi connectivity index (χ3v) is 8.56. The molecule has 0 radical (unpaired) electrons. The third kappa shape index (κ3) is 7.21. The van der Waals surface area contributed by atoms with Crippen LogP contribution in [0.5, 0.6) is 5.75 Å². The molecule has 2 aliphatic heterocycles. The lowest BCUT2D eigenvalue weighted by Crippen LogP contribution is -2.48. The van der Waals surface area contributed by atoms with Gasteiger partial charge < -0.3 is 25.6 Å². The first-order valence-corrected chi connectivity index (χ1v) is 15.2. The number of methoxy groups -OCH3 is 1. The van der Waals surface area contributed by atoms with Crippen LogP contribution < -0.4 is 29.9 Å². The van der Waals surface area contributed by atoms with Gasteiger partial charge in [-0.15, -0.1) is 0 Å². The van der Waals surface area contributed by atoms with Crippen LogP contribution in [0.15, 0.2) is 42.6 Å². The highest BCUT2D eigenvalue weighted by atomic mass is 35.5. The van der Waals surface area contributed by atoms with Gasteiger partial charge in [0.05, 0.1) is 30.4 Å². The van der Waals surface area contributed by atoms with Gasteiger partial charge in [-0.2, -0.15) is 4.98 Å². The van der Waals surface area contributed by atoms with Gasteiger partial charge in [-0.1, -0.05) is 23.7 Å². The van der Waals surface area contributed by atoms with Crippen LogP contribution in [0.1, 0.15) is 18.4 Å². The quantitative estimate of drug-likeness (QED) is 0.254. The number of aromatic nitrogens is 2. The molecule has 3 heterocycles. The van der Waals surface area contributed by atoms with E-state index < -0.39 is 0 Å². The lowest BCUT2D eigenvalue weighted by molar-refractivity contribution is 0.196. The molecule has 10 nitrogen and oxygen atoms in total. The Morgan fingerprint density at radius 2 is 1.88 bits per heavy atom. The van der Waals surface area contributed by atoms with Crippen molar-refractivity contribution < 1.29 is 8.95 Å². The second-order valence-electron chi connectivity index (χ2n) is 10.6. The summed E-state index contributed by atoms with van der Waals surface area (Å²) in [6.07, 6.45) is 4.12. The lowest BCUT2D eigenvalue weighted by atomic mass is 9.97. The number of rotatable bonds is 10. The molecule has 0 aliphatic carbocycles. The number of piperazine rings is 1. The van der Waals surface area contributed by atoms with Crippen molar-refractivity contribution in [3.05, 3.63) is 53.2 Å². The van der Waals surface area contributed by atoms with Crippen LogP contribution in [0, 0.1) is 12.8 Å². The van der Waals surface area contributed by atoms with E-state index in [4.69, 9.17) is 16.3 Å². The van der Waals surface area contributed by atoms with Crippen molar-refractivity contribution >= 4 is 58.0 Å². The predicted octanol–water partition coefficient (Wildman–Crippen LogP) is 4.35. The number of nitrogens with zero attached hydrogens (tertiary/aromatic N) is 5. The van der Waals surface area contributed by atoms with E-state index in [0.29, 0.717) is 16.8 Å². The molecule has 5 rings (SSSR count). The first-order valence-electron chi connectivity index (χ1n) is 14.0. The van der Waals surface area contributed by atoms with E-state index in [2.05, 4.69) is 54.8 Å². The molecule has 0 atom stereocenters. The average Bonchev–Trinajstić information content (AvgIpc) is 3.00. The van der Waals surface area contributed by atoms with Crippen molar-refractivity contribution in [3.63, 3.8) is 0 Å². The fourth-order valence-corrected chi connectivity index (χ4v) is 5.95. The minimum atomic E-state index is -0.120. The lowest BCUT2D eigenvalue weighted by Gasteiger charge is -2.39. The van der Waals surface area contributed by atoms with Gasteiger partial charge in [0, 0.05) is 51.5 Å². The maximum Gasteiger partial charge on any atom is 0.229 e. The summed E-state index contributed by atoms with van der Waals surface area (Å²) >= 11 is 6.32.